The molecule has 0 fully saturated rings. The van der Waals surface area contributed by atoms with Crippen molar-refractivity contribution in [2.45, 2.75) is 46.5 Å². The lowest BCUT2D eigenvalue weighted by Gasteiger charge is -2.15. The number of halogens is 4. The smallest absolute Gasteiger partial charge is 0.167 e. The fourth-order valence-electron chi connectivity index (χ4n) is 6.17. The van der Waals surface area contributed by atoms with Crippen molar-refractivity contribution in [3.63, 3.8) is 0 Å². The third-order valence-corrected chi connectivity index (χ3v) is 9.34. The molecule has 0 radical (unpaired) electrons. The Morgan fingerprint density at radius 3 is 1.38 bits per heavy atom. The molecule has 1 aliphatic carbocycles. The van der Waals surface area contributed by atoms with Gasteiger partial charge in [-0.15, -0.1) is 0 Å². The Hall–Kier alpha value is -5.10. The van der Waals surface area contributed by atoms with Gasteiger partial charge in [-0.2, -0.15) is 0 Å². The normalized spacial score (nSPS) is 13.4. The predicted molar refractivity (Wildman–Crippen MR) is 194 cm³/mol. The zero-order valence-electron chi connectivity index (χ0n) is 28.5. The molecule has 0 amide bonds. The molecule has 0 saturated carbocycles. The molecule has 5 aromatic rings. The number of benzene rings is 5. The lowest BCUT2D eigenvalue weighted by atomic mass is 9.91. The Bertz CT molecular complexity index is 2010. The van der Waals surface area contributed by atoms with Crippen LogP contribution in [0.2, 0.25) is 0 Å². The fraction of sp³-hybridized carbons (Fsp3) is 0.227. The molecule has 2 nitrogen and oxygen atoms in total. The molecule has 0 spiro atoms. The van der Waals surface area contributed by atoms with Gasteiger partial charge in [0.15, 0.2) is 23.3 Å². The lowest BCUT2D eigenvalue weighted by molar-refractivity contribution is 0.245. The van der Waals surface area contributed by atoms with E-state index in [0.29, 0.717) is 52.9 Å². The molecule has 0 saturated heterocycles. The van der Waals surface area contributed by atoms with Gasteiger partial charge in [0.05, 0.1) is 13.2 Å². The van der Waals surface area contributed by atoms with Gasteiger partial charge in [-0.25, -0.2) is 17.6 Å². The van der Waals surface area contributed by atoms with E-state index in [1.54, 1.807) is 84.9 Å². The quantitative estimate of drug-likeness (QED) is 0.122. The topological polar surface area (TPSA) is 18.5 Å². The summed E-state index contributed by atoms with van der Waals surface area (Å²) in [5, 5.41) is 0. The highest BCUT2D eigenvalue weighted by Crippen LogP contribution is 2.35. The second kappa shape index (κ2) is 15.6. The van der Waals surface area contributed by atoms with Crippen LogP contribution < -0.4 is 9.47 Å². The van der Waals surface area contributed by atoms with Gasteiger partial charge in [0.2, 0.25) is 0 Å². The monoisotopic (exact) mass is 676 g/mol. The Labute approximate surface area is 291 Å². The molecule has 0 N–H and O–H groups in total. The summed E-state index contributed by atoms with van der Waals surface area (Å²) in [7, 11) is 0. The van der Waals surface area contributed by atoms with E-state index in [1.165, 1.54) is 0 Å². The first kappa shape index (κ1) is 34.8. The van der Waals surface area contributed by atoms with Gasteiger partial charge in [0.1, 0.15) is 11.5 Å². The fourth-order valence-corrected chi connectivity index (χ4v) is 6.17. The van der Waals surface area contributed by atoms with E-state index in [-0.39, 0.29) is 16.7 Å². The molecule has 5 aromatic carbocycles. The van der Waals surface area contributed by atoms with Crippen LogP contribution in [-0.4, -0.2) is 13.2 Å². The third-order valence-electron chi connectivity index (χ3n) is 9.34. The summed E-state index contributed by atoms with van der Waals surface area (Å²) in [6.45, 7) is 7.03. The van der Waals surface area contributed by atoms with Crippen molar-refractivity contribution >= 4 is 5.57 Å². The van der Waals surface area contributed by atoms with E-state index in [9.17, 15) is 4.39 Å². The number of allylic oxidation sites excluding steroid dienone is 4. The maximum Gasteiger partial charge on any atom is 0.167 e. The summed E-state index contributed by atoms with van der Waals surface area (Å²) in [6, 6.07) is 27.8. The lowest BCUT2D eigenvalue weighted by Crippen LogP contribution is -2.08. The Balaban J connectivity index is 0.961. The molecule has 1 unspecified atom stereocenters. The van der Waals surface area contributed by atoms with Gasteiger partial charge < -0.3 is 9.47 Å². The molecular formula is C44H40F4O2. The minimum Gasteiger partial charge on any atom is -0.494 e. The van der Waals surface area contributed by atoms with Crippen LogP contribution >= 0.6 is 0 Å². The summed E-state index contributed by atoms with van der Waals surface area (Å²) < 4.78 is 72.1. The minimum atomic E-state index is -0.876. The van der Waals surface area contributed by atoms with E-state index in [1.807, 2.05) is 38.1 Å². The van der Waals surface area contributed by atoms with E-state index < -0.39 is 23.3 Å². The van der Waals surface area contributed by atoms with Gasteiger partial charge in [-0.05, 0) is 92.0 Å². The minimum absolute atomic E-state index is 0.198. The maximum absolute atomic E-state index is 15.1. The Morgan fingerprint density at radius 1 is 0.540 bits per heavy atom. The van der Waals surface area contributed by atoms with E-state index >= 15 is 13.2 Å². The number of aryl methyl sites for hydroxylation is 1. The van der Waals surface area contributed by atoms with Gasteiger partial charge in [-0.1, -0.05) is 103 Å². The highest BCUT2D eigenvalue weighted by Gasteiger charge is 2.19. The molecule has 0 bridgehead atoms. The van der Waals surface area contributed by atoms with E-state index in [2.05, 4.69) is 6.92 Å². The molecule has 1 atom stereocenters. The van der Waals surface area contributed by atoms with Crippen LogP contribution in [0.3, 0.4) is 0 Å². The van der Waals surface area contributed by atoms with Crippen LogP contribution in [0.15, 0.2) is 115 Å². The average Bonchev–Trinajstić information content (AvgIpc) is 3.12. The van der Waals surface area contributed by atoms with Crippen LogP contribution in [0.4, 0.5) is 17.6 Å². The first-order valence-corrected chi connectivity index (χ1v) is 17.1. The van der Waals surface area contributed by atoms with Crippen molar-refractivity contribution in [3.05, 3.63) is 149 Å². The number of rotatable bonds is 12. The Kier molecular flexibility index (Phi) is 10.9. The average molecular weight is 677 g/mol. The molecule has 256 valence electrons. The van der Waals surface area contributed by atoms with Crippen LogP contribution in [-0.2, 0) is 0 Å². The van der Waals surface area contributed by atoms with Crippen molar-refractivity contribution < 1.29 is 27.0 Å². The second-order valence-electron chi connectivity index (χ2n) is 13.0. The molecule has 6 heteroatoms. The molecule has 6 rings (SSSR count). The molecule has 0 aromatic heterocycles. The summed E-state index contributed by atoms with van der Waals surface area (Å²) in [5.74, 6) is -1.79. The number of hydrogen-bond donors (Lipinski definition) is 0. The van der Waals surface area contributed by atoms with Crippen LogP contribution in [0, 0.1) is 36.1 Å². The second-order valence-corrected chi connectivity index (χ2v) is 13.0. The molecule has 50 heavy (non-hydrogen) atoms. The van der Waals surface area contributed by atoms with Gasteiger partial charge in [0.25, 0.3) is 0 Å². The van der Waals surface area contributed by atoms with Crippen molar-refractivity contribution in [2.24, 2.45) is 5.92 Å². The van der Waals surface area contributed by atoms with Crippen LogP contribution in [0.5, 0.6) is 11.5 Å². The van der Waals surface area contributed by atoms with Crippen molar-refractivity contribution in [1.82, 2.24) is 0 Å². The highest BCUT2D eigenvalue weighted by molar-refractivity contribution is 5.79. The van der Waals surface area contributed by atoms with Crippen molar-refractivity contribution in [3.8, 4) is 44.9 Å². The Morgan fingerprint density at radius 2 is 0.940 bits per heavy atom. The molecule has 0 aliphatic heterocycles. The van der Waals surface area contributed by atoms with Crippen molar-refractivity contribution in [1.29, 1.82) is 0 Å². The third kappa shape index (κ3) is 7.86. The zero-order chi connectivity index (χ0) is 35.2. The number of ether oxygens (including phenoxy) is 2. The van der Waals surface area contributed by atoms with Crippen LogP contribution in [0.25, 0.3) is 39.0 Å². The van der Waals surface area contributed by atoms with Gasteiger partial charge >= 0.3 is 0 Å². The van der Waals surface area contributed by atoms with Crippen LogP contribution in [0.1, 0.15) is 50.7 Å². The van der Waals surface area contributed by atoms with Crippen molar-refractivity contribution in [2.75, 3.05) is 13.2 Å². The van der Waals surface area contributed by atoms with E-state index in [0.717, 1.165) is 42.4 Å². The summed E-state index contributed by atoms with van der Waals surface area (Å²) in [6.07, 6.45) is 7.23. The first-order valence-electron chi connectivity index (χ1n) is 17.1. The highest BCUT2D eigenvalue weighted by atomic mass is 19.2. The summed E-state index contributed by atoms with van der Waals surface area (Å²) >= 11 is 0. The largest absolute Gasteiger partial charge is 0.494 e. The standard InChI is InChI=1S/C44H40F4O2/c1-28-8-10-31(11-9-28)37-20-21-38(42(46)41(37)45)32-12-16-34(17-13-32)49-26-24-29(2)25-27-50-35-18-14-33(15-19-35)39-22-23-40(44(48)43(39)47)36-7-5-4-6-30(36)3/h5,7-23,29H,4,6,24-27H2,1-3H3. The zero-order valence-corrected chi connectivity index (χ0v) is 28.5. The predicted octanol–water partition coefficient (Wildman–Crippen LogP) is 12.6. The first-order chi connectivity index (χ1) is 24.2. The summed E-state index contributed by atoms with van der Waals surface area (Å²) in [5.41, 5.74) is 5.58. The van der Waals surface area contributed by atoms with E-state index in [4.69, 9.17) is 9.47 Å². The molecule has 1 aliphatic rings. The maximum atomic E-state index is 15.1. The molecule has 0 heterocycles. The number of hydrogen-bond acceptors (Lipinski definition) is 2. The molecular weight excluding hydrogens is 636 g/mol. The van der Waals surface area contributed by atoms with Gasteiger partial charge in [-0.3, -0.25) is 0 Å². The summed E-state index contributed by atoms with van der Waals surface area (Å²) in [4.78, 5) is 0. The van der Waals surface area contributed by atoms with Gasteiger partial charge in [0, 0.05) is 22.3 Å². The SMILES string of the molecule is CC1=C(c2ccc(-c3ccc(OCCC(C)CCOc4ccc(-c5ccc(-c6ccc(C)cc6)c(F)c5F)cc4)cc3)c(F)c2F)C=CCC1.